The Balaban J connectivity index is 1.95. The van der Waals surface area contributed by atoms with Gasteiger partial charge in [-0.15, -0.1) is 0 Å². The Kier molecular flexibility index (Phi) is 6.43. The molecule has 0 atom stereocenters. The summed E-state index contributed by atoms with van der Waals surface area (Å²) in [6, 6.07) is 8.87. The molecule has 0 aliphatic carbocycles. The van der Waals surface area contributed by atoms with Crippen LogP contribution in [0, 0.1) is 13.8 Å². The molecule has 0 fully saturated rings. The third-order valence-corrected chi connectivity index (χ3v) is 6.76. The molecular formula is C22H23ClN2O5S. The van der Waals surface area contributed by atoms with Crippen LogP contribution >= 0.6 is 11.6 Å². The molecule has 9 heteroatoms. The minimum atomic E-state index is -3.49. The molecule has 0 N–H and O–H groups in total. The number of hydrogen-bond donors (Lipinski definition) is 0. The quantitative estimate of drug-likeness (QED) is 0.494. The van der Waals surface area contributed by atoms with Crippen LogP contribution in [0.2, 0.25) is 5.02 Å². The van der Waals surface area contributed by atoms with Crippen LogP contribution in [0.5, 0.6) is 11.6 Å². The molecule has 0 radical (unpaired) electrons. The maximum atomic E-state index is 13.3. The summed E-state index contributed by atoms with van der Waals surface area (Å²) in [6.45, 7) is 3.45. The highest BCUT2D eigenvalue weighted by Gasteiger charge is 2.26. The van der Waals surface area contributed by atoms with Crippen molar-refractivity contribution in [3.8, 4) is 11.6 Å². The Bertz CT molecular complexity index is 1250. The maximum absolute atomic E-state index is 13.3. The van der Waals surface area contributed by atoms with Gasteiger partial charge in [0.25, 0.3) is 0 Å². The van der Waals surface area contributed by atoms with Gasteiger partial charge in [-0.3, -0.25) is 4.79 Å². The number of benzene rings is 2. The van der Waals surface area contributed by atoms with Crippen molar-refractivity contribution in [1.29, 1.82) is 0 Å². The van der Waals surface area contributed by atoms with E-state index in [0.29, 0.717) is 17.0 Å². The molecule has 0 aliphatic rings. The summed E-state index contributed by atoms with van der Waals surface area (Å²) in [5, 5.41) is 4.24. The van der Waals surface area contributed by atoms with Gasteiger partial charge in [-0.2, -0.15) is 5.10 Å². The SMILES string of the molecule is COc1ccc(COc2c(C(=O)c3cc(C)c(S(C)(=O)=O)c(C)c3Cl)cnn2C)cc1. The number of aromatic nitrogens is 2. The summed E-state index contributed by atoms with van der Waals surface area (Å²) < 4.78 is 36.7. The van der Waals surface area contributed by atoms with Crippen LogP contribution in [0.1, 0.15) is 32.6 Å². The van der Waals surface area contributed by atoms with E-state index >= 15 is 0 Å². The predicted molar refractivity (Wildman–Crippen MR) is 118 cm³/mol. The van der Waals surface area contributed by atoms with E-state index in [9.17, 15) is 13.2 Å². The number of nitrogens with zero attached hydrogens (tertiary/aromatic N) is 2. The van der Waals surface area contributed by atoms with Gasteiger partial charge in [0.1, 0.15) is 17.9 Å². The van der Waals surface area contributed by atoms with Crippen LogP contribution in [0.4, 0.5) is 0 Å². The first-order valence-electron chi connectivity index (χ1n) is 9.36. The zero-order valence-corrected chi connectivity index (χ0v) is 19.5. The number of methoxy groups -OCH3 is 1. The average Bonchev–Trinajstić information content (AvgIpc) is 3.08. The van der Waals surface area contributed by atoms with Crippen molar-refractivity contribution in [2.45, 2.75) is 25.3 Å². The Morgan fingerprint density at radius 2 is 1.81 bits per heavy atom. The molecule has 0 saturated carbocycles. The number of rotatable bonds is 7. The normalized spacial score (nSPS) is 11.4. The highest BCUT2D eigenvalue weighted by atomic mass is 35.5. The predicted octanol–water partition coefficient (Wildman–Crippen LogP) is 3.91. The summed E-state index contributed by atoms with van der Waals surface area (Å²) in [6.07, 6.45) is 2.53. The number of hydrogen-bond acceptors (Lipinski definition) is 6. The fourth-order valence-corrected chi connectivity index (χ4v) is 5.04. The van der Waals surface area contributed by atoms with E-state index in [-0.39, 0.29) is 27.7 Å². The zero-order valence-electron chi connectivity index (χ0n) is 17.9. The first kappa shape index (κ1) is 22.8. The van der Waals surface area contributed by atoms with Crippen molar-refractivity contribution < 1.29 is 22.7 Å². The molecule has 0 saturated heterocycles. The molecule has 0 spiro atoms. The second-order valence-corrected chi connectivity index (χ2v) is 9.56. The van der Waals surface area contributed by atoms with E-state index in [1.807, 2.05) is 24.3 Å². The van der Waals surface area contributed by atoms with Crippen molar-refractivity contribution in [2.24, 2.45) is 7.05 Å². The van der Waals surface area contributed by atoms with E-state index in [1.54, 1.807) is 28.0 Å². The summed E-state index contributed by atoms with van der Waals surface area (Å²) in [4.78, 5) is 13.4. The number of ether oxygens (including phenoxy) is 2. The molecule has 0 bridgehead atoms. The van der Waals surface area contributed by atoms with Gasteiger partial charge < -0.3 is 9.47 Å². The number of carbonyl (C=O) groups is 1. The molecule has 31 heavy (non-hydrogen) atoms. The van der Waals surface area contributed by atoms with E-state index in [2.05, 4.69) is 5.10 Å². The largest absolute Gasteiger partial charge is 0.497 e. The van der Waals surface area contributed by atoms with Crippen molar-refractivity contribution in [1.82, 2.24) is 9.78 Å². The Morgan fingerprint density at radius 1 is 1.16 bits per heavy atom. The van der Waals surface area contributed by atoms with Crippen LogP contribution in [0.25, 0.3) is 0 Å². The molecule has 3 aromatic rings. The van der Waals surface area contributed by atoms with Crippen LogP contribution in [-0.4, -0.2) is 37.3 Å². The highest BCUT2D eigenvalue weighted by Crippen LogP contribution is 2.33. The van der Waals surface area contributed by atoms with Crippen LogP contribution in [0.15, 0.2) is 41.4 Å². The van der Waals surface area contributed by atoms with Gasteiger partial charge >= 0.3 is 0 Å². The van der Waals surface area contributed by atoms with Gasteiger partial charge in [0.2, 0.25) is 11.7 Å². The van der Waals surface area contributed by atoms with E-state index in [1.165, 1.54) is 16.9 Å². The van der Waals surface area contributed by atoms with Gasteiger partial charge in [-0.1, -0.05) is 23.7 Å². The lowest BCUT2D eigenvalue weighted by Gasteiger charge is -2.14. The smallest absolute Gasteiger partial charge is 0.223 e. The summed E-state index contributed by atoms with van der Waals surface area (Å²) in [5.41, 5.74) is 2.13. The van der Waals surface area contributed by atoms with Crippen molar-refractivity contribution in [2.75, 3.05) is 13.4 Å². The average molecular weight is 463 g/mol. The van der Waals surface area contributed by atoms with Crippen molar-refractivity contribution in [3.63, 3.8) is 0 Å². The third-order valence-electron chi connectivity index (χ3n) is 4.90. The lowest BCUT2D eigenvalue weighted by molar-refractivity contribution is 0.103. The van der Waals surface area contributed by atoms with Gasteiger partial charge in [0.05, 0.1) is 23.2 Å². The summed E-state index contributed by atoms with van der Waals surface area (Å²) >= 11 is 6.42. The molecule has 2 aromatic carbocycles. The minimum Gasteiger partial charge on any atom is -0.497 e. The second kappa shape index (κ2) is 8.72. The fraction of sp³-hybridized carbons (Fsp3) is 0.273. The van der Waals surface area contributed by atoms with Crippen molar-refractivity contribution in [3.05, 3.63) is 69.4 Å². The van der Waals surface area contributed by atoms with Crippen molar-refractivity contribution >= 4 is 27.2 Å². The Labute approximate surface area is 186 Å². The topological polar surface area (TPSA) is 87.5 Å². The highest BCUT2D eigenvalue weighted by molar-refractivity contribution is 7.90. The fourth-order valence-electron chi connectivity index (χ4n) is 3.45. The minimum absolute atomic E-state index is 0.0981. The van der Waals surface area contributed by atoms with Gasteiger partial charge in [-0.25, -0.2) is 13.1 Å². The molecule has 3 rings (SSSR count). The first-order chi connectivity index (χ1) is 14.5. The molecule has 0 unspecified atom stereocenters. The summed E-state index contributed by atoms with van der Waals surface area (Å²) in [5.74, 6) is 0.631. The molecule has 164 valence electrons. The van der Waals surface area contributed by atoms with E-state index < -0.39 is 15.6 Å². The van der Waals surface area contributed by atoms with Gasteiger partial charge in [-0.05, 0) is 48.7 Å². The monoisotopic (exact) mass is 462 g/mol. The molecule has 0 amide bonds. The molecule has 1 heterocycles. The van der Waals surface area contributed by atoms with Crippen LogP contribution in [0.3, 0.4) is 0 Å². The molecule has 0 aliphatic heterocycles. The zero-order chi connectivity index (χ0) is 22.9. The molecular weight excluding hydrogens is 440 g/mol. The Hall–Kier alpha value is -2.84. The standard InChI is InChI=1S/C22H23ClN2O5S/c1-13-10-17(19(23)14(2)21(13)31(5,27)28)20(26)18-11-24-25(3)22(18)30-12-15-6-8-16(29-4)9-7-15/h6-11H,12H2,1-5H3. The van der Waals surface area contributed by atoms with Crippen LogP contribution in [-0.2, 0) is 23.5 Å². The number of aryl methyl sites for hydroxylation is 2. The number of sulfone groups is 1. The van der Waals surface area contributed by atoms with Gasteiger partial charge in [0, 0.05) is 18.9 Å². The van der Waals surface area contributed by atoms with E-state index in [4.69, 9.17) is 21.1 Å². The van der Waals surface area contributed by atoms with Crippen LogP contribution < -0.4 is 9.47 Å². The molecule has 1 aromatic heterocycles. The maximum Gasteiger partial charge on any atom is 0.223 e. The lowest BCUT2D eigenvalue weighted by atomic mass is 10.0. The Morgan fingerprint density at radius 3 is 2.39 bits per heavy atom. The number of ketones is 1. The lowest BCUT2D eigenvalue weighted by Crippen LogP contribution is -2.11. The number of carbonyl (C=O) groups excluding carboxylic acids is 1. The van der Waals surface area contributed by atoms with E-state index in [0.717, 1.165) is 17.6 Å². The first-order valence-corrected chi connectivity index (χ1v) is 11.6. The van der Waals surface area contributed by atoms with Gasteiger partial charge in [0.15, 0.2) is 9.84 Å². The summed E-state index contributed by atoms with van der Waals surface area (Å²) in [7, 11) is -0.223. The second-order valence-electron chi connectivity index (χ2n) is 7.23. The number of halogens is 1. The molecule has 7 nitrogen and oxygen atoms in total. The third kappa shape index (κ3) is 4.60.